The molecule has 2 aromatic carbocycles. The van der Waals surface area contributed by atoms with Crippen LogP contribution in [0.3, 0.4) is 0 Å². The number of ketones is 1. The van der Waals surface area contributed by atoms with Crippen LogP contribution in [0.4, 0.5) is 0 Å². The largest absolute Gasteiger partial charge is 0.300 e. The van der Waals surface area contributed by atoms with Crippen molar-refractivity contribution in [2.75, 3.05) is 0 Å². The summed E-state index contributed by atoms with van der Waals surface area (Å²) >= 11 is 0. The van der Waals surface area contributed by atoms with Gasteiger partial charge in [-0.2, -0.15) is 0 Å². The molecule has 0 saturated carbocycles. The van der Waals surface area contributed by atoms with Crippen LogP contribution < -0.4 is 0 Å². The molecule has 0 aromatic heterocycles. The quantitative estimate of drug-likeness (QED) is 0.777. The highest BCUT2D eigenvalue weighted by atomic mass is 16.1. The van der Waals surface area contributed by atoms with Crippen molar-refractivity contribution >= 4 is 5.78 Å². The summed E-state index contributed by atoms with van der Waals surface area (Å²) in [6.45, 7) is 1.65. The van der Waals surface area contributed by atoms with Crippen molar-refractivity contribution < 1.29 is 4.79 Å². The third-order valence-corrected chi connectivity index (χ3v) is 3.08. The first kappa shape index (κ1) is 12.6. The third-order valence-electron chi connectivity index (χ3n) is 3.08. The minimum atomic E-state index is 0.224. The number of rotatable bonds is 5. The summed E-state index contributed by atoms with van der Waals surface area (Å²) in [5.41, 5.74) is 3.80. The predicted molar refractivity (Wildman–Crippen MR) is 74.7 cm³/mol. The molecule has 0 bridgehead atoms. The molecule has 1 nitrogen and oxygen atoms in total. The molecule has 0 heterocycles. The summed E-state index contributed by atoms with van der Waals surface area (Å²) < 4.78 is 0. The van der Waals surface area contributed by atoms with Crippen molar-refractivity contribution in [1.82, 2.24) is 0 Å². The van der Waals surface area contributed by atoms with E-state index in [1.54, 1.807) is 6.92 Å². The highest BCUT2D eigenvalue weighted by molar-refractivity contribution is 5.78. The first-order valence-electron chi connectivity index (χ1n) is 6.36. The van der Waals surface area contributed by atoms with Crippen LogP contribution in [0.1, 0.15) is 23.6 Å². The number of aryl methyl sites for hydroxylation is 2. The highest BCUT2D eigenvalue weighted by Crippen LogP contribution is 2.13. The molecule has 0 radical (unpaired) electrons. The minimum Gasteiger partial charge on any atom is -0.300 e. The Morgan fingerprint density at radius 2 is 1.44 bits per heavy atom. The molecule has 1 heteroatoms. The van der Waals surface area contributed by atoms with Crippen LogP contribution in [0.15, 0.2) is 54.6 Å². The predicted octanol–water partition coefficient (Wildman–Crippen LogP) is 3.60. The summed E-state index contributed by atoms with van der Waals surface area (Å²) in [5.74, 6) is 0.224. The van der Waals surface area contributed by atoms with Gasteiger partial charge < -0.3 is 0 Å². The molecule has 18 heavy (non-hydrogen) atoms. The van der Waals surface area contributed by atoms with Crippen LogP contribution in [0.5, 0.6) is 0 Å². The van der Waals surface area contributed by atoms with Crippen LogP contribution in [0, 0.1) is 0 Å². The Kier molecular flexibility index (Phi) is 4.30. The Labute approximate surface area is 108 Å². The van der Waals surface area contributed by atoms with Crippen molar-refractivity contribution in [3.8, 4) is 0 Å². The Morgan fingerprint density at radius 1 is 0.833 bits per heavy atom. The average Bonchev–Trinajstić information content (AvgIpc) is 2.38. The monoisotopic (exact) mass is 238 g/mol. The molecule has 0 saturated heterocycles. The van der Waals surface area contributed by atoms with E-state index in [1.807, 2.05) is 18.2 Å². The number of Topliss-reactive ketones (excluding diaryl/α,β-unsaturated/α-hetero) is 1. The van der Waals surface area contributed by atoms with Crippen LogP contribution in [0.2, 0.25) is 0 Å². The molecule has 0 amide bonds. The zero-order valence-electron chi connectivity index (χ0n) is 10.7. The van der Waals surface area contributed by atoms with E-state index in [0.717, 1.165) is 12.8 Å². The lowest BCUT2D eigenvalue weighted by Gasteiger charge is -2.08. The first-order valence-corrected chi connectivity index (χ1v) is 6.36. The number of carbonyl (C=O) groups is 1. The van der Waals surface area contributed by atoms with Crippen LogP contribution in [0.25, 0.3) is 0 Å². The van der Waals surface area contributed by atoms with E-state index in [-0.39, 0.29) is 5.78 Å². The standard InChI is InChI=1S/C17H18O/c1-14(18)13-17-10-6-5-9-16(17)12-11-15-7-3-2-4-8-15/h2-10H,11-13H2,1H3. The summed E-state index contributed by atoms with van der Waals surface area (Å²) in [6, 6.07) is 18.7. The second-order valence-electron chi connectivity index (χ2n) is 4.63. The maximum atomic E-state index is 11.2. The van der Waals surface area contributed by atoms with Crippen molar-refractivity contribution in [3.63, 3.8) is 0 Å². The molecule has 0 unspecified atom stereocenters. The van der Waals surface area contributed by atoms with Crippen LogP contribution in [-0.2, 0) is 24.1 Å². The van der Waals surface area contributed by atoms with Gasteiger partial charge in [-0.3, -0.25) is 4.79 Å². The highest BCUT2D eigenvalue weighted by Gasteiger charge is 2.04. The Morgan fingerprint density at radius 3 is 2.11 bits per heavy atom. The molecule has 0 atom stereocenters. The minimum absolute atomic E-state index is 0.224. The summed E-state index contributed by atoms with van der Waals surface area (Å²) in [6.07, 6.45) is 2.56. The van der Waals surface area contributed by atoms with Gasteiger partial charge in [-0.1, -0.05) is 54.6 Å². The average molecular weight is 238 g/mol. The number of hydrogen-bond donors (Lipinski definition) is 0. The van der Waals surface area contributed by atoms with E-state index < -0.39 is 0 Å². The second kappa shape index (κ2) is 6.15. The number of hydrogen-bond acceptors (Lipinski definition) is 1. The van der Waals surface area contributed by atoms with Gasteiger partial charge in [-0.05, 0) is 36.5 Å². The van der Waals surface area contributed by atoms with Gasteiger partial charge in [0.05, 0.1) is 0 Å². The van der Waals surface area contributed by atoms with E-state index in [2.05, 4.69) is 36.4 Å². The normalized spacial score (nSPS) is 10.3. The lowest BCUT2D eigenvalue weighted by molar-refractivity contribution is -0.116. The van der Waals surface area contributed by atoms with Crippen molar-refractivity contribution in [2.24, 2.45) is 0 Å². The lowest BCUT2D eigenvalue weighted by Crippen LogP contribution is -2.02. The molecule has 92 valence electrons. The molecule has 0 N–H and O–H groups in total. The smallest absolute Gasteiger partial charge is 0.134 e. The van der Waals surface area contributed by atoms with Crippen molar-refractivity contribution in [3.05, 3.63) is 71.3 Å². The van der Waals surface area contributed by atoms with E-state index in [0.29, 0.717) is 6.42 Å². The second-order valence-corrected chi connectivity index (χ2v) is 4.63. The molecular formula is C17H18O. The molecule has 0 spiro atoms. The fourth-order valence-electron chi connectivity index (χ4n) is 2.17. The topological polar surface area (TPSA) is 17.1 Å². The lowest BCUT2D eigenvalue weighted by atomic mass is 9.97. The zero-order chi connectivity index (χ0) is 12.8. The Hall–Kier alpha value is -1.89. The molecule has 2 rings (SSSR count). The number of benzene rings is 2. The van der Waals surface area contributed by atoms with Gasteiger partial charge in [-0.25, -0.2) is 0 Å². The third kappa shape index (κ3) is 3.56. The van der Waals surface area contributed by atoms with Gasteiger partial charge in [0.1, 0.15) is 5.78 Å². The van der Waals surface area contributed by atoms with Gasteiger partial charge in [0.2, 0.25) is 0 Å². The van der Waals surface area contributed by atoms with Gasteiger partial charge in [0.15, 0.2) is 0 Å². The fourth-order valence-corrected chi connectivity index (χ4v) is 2.17. The molecule has 0 aliphatic heterocycles. The van der Waals surface area contributed by atoms with Crippen LogP contribution >= 0.6 is 0 Å². The van der Waals surface area contributed by atoms with Gasteiger partial charge in [-0.15, -0.1) is 0 Å². The molecule has 2 aromatic rings. The summed E-state index contributed by atoms with van der Waals surface area (Å²) in [7, 11) is 0. The van der Waals surface area contributed by atoms with Crippen molar-refractivity contribution in [2.45, 2.75) is 26.2 Å². The molecule has 0 aliphatic rings. The summed E-state index contributed by atoms with van der Waals surface area (Å²) in [4.78, 5) is 11.2. The van der Waals surface area contributed by atoms with E-state index in [9.17, 15) is 4.79 Å². The first-order chi connectivity index (χ1) is 8.75. The summed E-state index contributed by atoms with van der Waals surface area (Å²) in [5, 5.41) is 0. The van der Waals surface area contributed by atoms with Crippen LogP contribution in [-0.4, -0.2) is 5.78 Å². The molecule has 0 fully saturated rings. The Bertz CT molecular complexity index is 514. The Balaban J connectivity index is 2.07. The molecule has 0 aliphatic carbocycles. The molecular weight excluding hydrogens is 220 g/mol. The van der Waals surface area contributed by atoms with E-state index in [4.69, 9.17) is 0 Å². The fraction of sp³-hybridized carbons (Fsp3) is 0.235. The maximum Gasteiger partial charge on any atom is 0.134 e. The zero-order valence-corrected chi connectivity index (χ0v) is 10.7. The maximum absolute atomic E-state index is 11.2. The number of carbonyl (C=O) groups excluding carboxylic acids is 1. The van der Waals surface area contributed by atoms with Gasteiger partial charge in [0.25, 0.3) is 0 Å². The van der Waals surface area contributed by atoms with E-state index in [1.165, 1.54) is 16.7 Å². The van der Waals surface area contributed by atoms with Crippen molar-refractivity contribution in [1.29, 1.82) is 0 Å². The van der Waals surface area contributed by atoms with E-state index >= 15 is 0 Å². The SMILES string of the molecule is CC(=O)Cc1ccccc1CCc1ccccc1. The van der Waals surface area contributed by atoms with Gasteiger partial charge in [0, 0.05) is 6.42 Å². The van der Waals surface area contributed by atoms with Gasteiger partial charge >= 0.3 is 0 Å².